The van der Waals surface area contributed by atoms with E-state index in [1.807, 2.05) is 23.6 Å². The maximum absolute atomic E-state index is 13.1. The van der Waals surface area contributed by atoms with Crippen LogP contribution in [0, 0.1) is 0 Å². The summed E-state index contributed by atoms with van der Waals surface area (Å²) in [5.41, 5.74) is 1.79. The molecule has 1 aliphatic rings. The topological polar surface area (TPSA) is 87.9 Å². The zero-order valence-corrected chi connectivity index (χ0v) is 18.2. The lowest BCUT2D eigenvalue weighted by atomic mass is 10.2. The number of fused-ring (bicyclic) bond motifs is 1. The van der Waals surface area contributed by atoms with Gasteiger partial charge in [0.25, 0.3) is 15.9 Å². The molecule has 5 heterocycles. The number of carbonyl (C=O) groups excluding carboxylic acids is 1. The summed E-state index contributed by atoms with van der Waals surface area (Å²) in [7, 11) is -3.50. The SMILES string of the molecule is O=C(c1cnn2c(-c3cccs3)ccnc12)N1CCN(S(=O)(=O)c2cccs2)CC1. The van der Waals surface area contributed by atoms with Crippen molar-refractivity contribution < 1.29 is 13.2 Å². The van der Waals surface area contributed by atoms with E-state index in [2.05, 4.69) is 10.1 Å². The standard InChI is InChI=1S/C19H17N5O3S3/c25-19(22-7-9-23(10-8-22)30(26,27)17-4-2-12-29-17)14-13-21-24-15(5-6-20-18(14)24)16-3-1-11-28-16/h1-6,11-13H,7-10H2. The van der Waals surface area contributed by atoms with Gasteiger partial charge in [-0.1, -0.05) is 12.1 Å². The van der Waals surface area contributed by atoms with Crippen LogP contribution in [-0.2, 0) is 10.0 Å². The third-order valence-electron chi connectivity index (χ3n) is 5.02. The second-order valence-corrected chi connectivity index (χ2v) is 10.8. The van der Waals surface area contributed by atoms with Crippen LogP contribution in [0.3, 0.4) is 0 Å². The summed E-state index contributed by atoms with van der Waals surface area (Å²) in [4.78, 5) is 20.2. The number of hydrogen-bond donors (Lipinski definition) is 0. The molecule has 0 radical (unpaired) electrons. The fraction of sp³-hybridized carbons (Fsp3) is 0.211. The Kier molecular flexibility index (Phi) is 4.89. The molecule has 0 saturated carbocycles. The van der Waals surface area contributed by atoms with Crippen molar-refractivity contribution in [1.82, 2.24) is 23.8 Å². The van der Waals surface area contributed by atoms with Gasteiger partial charge in [0.15, 0.2) is 5.65 Å². The van der Waals surface area contributed by atoms with Gasteiger partial charge < -0.3 is 4.90 Å². The molecule has 0 unspecified atom stereocenters. The number of amides is 1. The zero-order chi connectivity index (χ0) is 20.7. The van der Waals surface area contributed by atoms with Crippen LogP contribution in [0.2, 0.25) is 0 Å². The fourth-order valence-electron chi connectivity index (χ4n) is 3.49. The van der Waals surface area contributed by atoms with Crippen molar-refractivity contribution in [1.29, 1.82) is 0 Å². The molecule has 4 aromatic heterocycles. The van der Waals surface area contributed by atoms with Gasteiger partial charge in [0, 0.05) is 32.4 Å². The molecule has 0 spiro atoms. The molecule has 5 rings (SSSR count). The summed E-state index contributed by atoms with van der Waals surface area (Å²) >= 11 is 2.79. The van der Waals surface area contributed by atoms with Crippen LogP contribution in [0.15, 0.2) is 57.7 Å². The van der Waals surface area contributed by atoms with E-state index in [0.29, 0.717) is 28.5 Å². The molecule has 0 aliphatic carbocycles. The molecule has 154 valence electrons. The van der Waals surface area contributed by atoms with Crippen LogP contribution < -0.4 is 0 Å². The molecular weight excluding hydrogens is 442 g/mol. The second-order valence-electron chi connectivity index (χ2n) is 6.73. The molecule has 11 heteroatoms. The Bertz CT molecular complexity index is 1290. The number of hydrogen-bond acceptors (Lipinski definition) is 7. The number of thiophene rings is 2. The Labute approximate surface area is 181 Å². The summed E-state index contributed by atoms with van der Waals surface area (Å²) < 4.78 is 28.8. The van der Waals surface area contributed by atoms with Crippen LogP contribution in [0.1, 0.15) is 10.4 Å². The van der Waals surface area contributed by atoms with Crippen LogP contribution in [-0.4, -0.2) is 64.3 Å². The second kappa shape index (κ2) is 7.58. The zero-order valence-electron chi connectivity index (χ0n) is 15.7. The molecule has 0 bridgehead atoms. The van der Waals surface area contributed by atoms with Gasteiger partial charge in [0.1, 0.15) is 9.77 Å². The molecule has 0 aromatic carbocycles. The monoisotopic (exact) mass is 459 g/mol. The minimum atomic E-state index is -3.50. The van der Waals surface area contributed by atoms with Gasteiger partial charge in [-0.3, -0.25) is 4.79 Å². The Balaban J connectivity index is 1.37. The van der Waals surface area contributed by atoms with Crippen molar-refractivity contribution in [2.24, 2.45) is 0 Å². The summed E-state index contributed by atoms with van der Waals surface area (Å²) in [6.45, 7) is 1.18. The summed E-state index contributed by atoms with van der Waals surface area (Å²) in [5, 5.41) is 8.12. The molecule has 1 saturated heterocycles. The Morgan fingerprint density at radius 3 is 2.47 bits per heavy atom. The third-order valence-corrected chi connectivity index (χ3v) is 9.18. The van der Waals surface area contributed by atoms with Gasteiger partial charge >= 0.3 is 0 Å². The molecule has 0 N–H and O–H groups in total. The number of sulfonamides is 1. The quantitative estimate of drug-likeness (QED) is 0.468. The smallest absolute Gasteiger partial charge is 0.259 e. The highest BCUT2D eigenvalue weighted by Gasteiger charge is 2.32. The van der Waals surface area contributed by atoms with E-state index in [1.165, 1.54) is 21.8 Å². The lowest BCUT2D eigenvalue weighted by molar-refractivity contribution is 0.0699. The van der Waals surface area contributed by atoms with Gasteiger partial charge in [0.2, 0.25) is 0 Å². The Morgan fingerprint density at radius 1 is 1.00 bits per heavy atom. The van der Waals surface area contributed by atoms with Crippen molar-refractivity contribution in [3.05, 3.63) is 59.0 Å². The van der Waals surface area contributed by atoms with E-state index < -0.39 is 10.0 Å². The van der Waals surface area contributed by atoms with E-state index in [-0.39, 0.29) is 19.0 Å². The summed E-state index contributed by atoms with van der Waals surface area (Å²) in [6, 6.07) is 9.16. The maximum Gasteiger partial charge on any atom is 0.259 e. The first kappa shape index (κ1) is 19.4. The molecule has 0 atom stereocenters. The lowest BCUT2D eigenvalue weighted by Gasteiger charge is -2.33. The summed E-state index contributed by atoms with van der Waals surface area (Å²) in [5.74, 6) is -0.186. The summed E-state index contributed by atoms with van der Waals surface area (Å²) in [6.07, 6.45) is 3.21. The largest absolute Gasteiger partial charge is 0.336 e. The van der Waals surface area contributed by atoms with Crippen molar-refractivity contribution >= 4 is 44.3 Å². The van der Waals surface area contributed by atoms with Crippen LogP contribution in [0.4, 0.5) is 0 Å². The first-order valence-corrected chi connectivity index (χ1v) is 12.5. The number of piperazine rings is 1. The van der Waals surface area contributed by atoms with E-state index in [4.69, 9.17) is 0 Å². The molecular formula is C19H17N5O3S3. The van der Waals surface area contributed by atoms with E-state index in [0.717, 1.165) is 10.6 Å². The van der Waals surface area contributed by atoms with Gasteiger partial charge in [0.05, 0.1) is 16.8 Å². The predicted octanol–water partition coefficient (Wildman–Crippen LogP) is 2.67. The number of rotatable bonds is 4. The Hall–Kier alpha value is -2.60. The van der Waals surface area contributed by atoms with Crippen molar-refractivity contribution in [2.75, 3.05) is 26.2 Å². The molecule has 4 aromatic rings. The van der Waals surface area contributed by atoms with Gasteiger partial charge in [-0.05, 0) is 29.0 Å². The first-order chi connectivity index (χ1) is 14.6. The van der Waals surface area contributed by atoms with Gasteiger partial charge in [-0.2, -0.15) is 9.40 Å². The first-order valence-electron chi connectivity index (χ1n) is 9.25. The molecule has 8 nitrogen and oxygen atoms in total. The molecule has 1 amide bonds. The average molecular weight is 460 g/mol. The highest BCUT2D eigenvalue weighted by atomic mass is 32.2. The number of nitrogens with zero attached hydrogens (tertiary/aromatic N) is 5. The lowest BCUT2D eigenvalue weighted by Crippen LogP contribution is -2.50. The van der Waals surface area contributed by atoms with Gasteiger partial charge in [-0.15, -0.1) is 22.7 Å². The minimum absolute atomic E-state index is 0.186. The third kappa shape index (κ3) is 3.23. The van der Waals surface area contributed by atoms with E-state index in [9.17, 15) is 13.2 Å². The van der Waals surface area contributed by atoms with Crippen LogP contribution in [0.25, 0.3) is 16.2 Å². The predicted molar refractivity (Wildman–Crippen MR) is 115 cm³/mol. The van der Waals surface area contributed by atoms with Gasteiger partial charge in [-0.25, -0.2) is 17.9 Å². The molecule has 30 heavy (non-hydrogen) atoms. The minimum Gasteiger partial charge on any atom is -0.336 e. The highest BCUT2D eigenvalue weighted by Crippen LogP contribution is 2.26. The average Bonchev–Trinajstić information content (AvgIpc) is 3.54. The highest BCUT2D eigenvalue weighted by molar-refractivity contribution is 7.91. The molecule has 1 aliphatic heterocycles. The number of carbonyl (C=O) groups is 1. The maximum atomic E-state index is 13.1. The normalized spacial score (nSPS) is 15.7. The van der Waals surface area contributed by atoms with Crippen LogP contribution >= 0.6 is 22.7 Å². The number of aromatic nitrogens is 3. The van der Waals surface area contributed by atoms with Crippen molar-refractivity contribution in [2.45, 2.75) is 4.21 Å². The fourth-order valence-corrected chi connectivity index (χ4v) is 6.80. The van der Waals surface area contributed by atoms with Crippen LogP contribution in [0.5, 0.6) is 0 Å². The van der Waals surface area contributed by atoms with E-state index in [1.54, 1.807) is 44.5 Å². The Morgan fingerprint density at radius 2 is 1.77 bits per heavy atom. The molecule has 1 fully saturated rings. The van der Waals surface area contributed by atoms with E-state index >= 15 is 0 Å². The van der Waals surface area contributed by atoms with Crippen molar-refractivity contribution in [3.8, 4) is 10.6 Å². The van der Waals surface area contributed by atoms with Crippen molar-refractivity contribution in [3.63, 3.8) is 0 Å².